The van der Waals surface area contributed by atoms with Crippen molar-refractivity contribution >= 4 is 11.8 Å². The van der Waals surface area contributed by atoms with Gasteiger partial charge >= 0.3 is 0 Å². The van der Waals surface area contributed by atoms with Crippen LogP contribution in [-0.4, -0.2) is 15.1 Å². The Morgan fingerprint density at radius 3 is 2.25 bits per heavy atom. The number of rotatable bonds is 3. The van der Waals surface area contributed by atoms with Gasteiger partial charge in [-0.25, -0.2) is 14.4 Å². The van der Waals surface area contributed by atoms with Crippen LogP contribution in [0.4, 0.5) is 4.39 Å². The predicted octanol–water partition coefficient (Wildman–Crippen LogP) is 3.75. The molecule has 0 aliphatic heterocycles. The molecule has 5 heteroatoms. The van der Waals surface area contributed by atoms with Crippen molar-refractivity contribution in [2.45, 2.75) is 43.9 Å². The van der Waals surface area contributed by atoms with E-state index in [4.69, 9.17) is 0 Å². The van der Waals surface area contributed by atoms with Crippen LogP contribution in [0.5, 0.6) is 0 Å². The van der Waals surface area contributed by atoms with Crippen molar-refractivity contribution in [3.63, 3.8) is 0 Å². The minimum Gasteiger partial charge on any atom is -0.389 e. The molecule has 0 bridgehead atoms. The smallest absolute Gasteiger partial charge is 0.192 e. The molecular formula is C15H17FN2OS. The Labute approximate surface area is 122 Å². The van der Waals surface area contributed by atoms with Crippen molar-refractivity contribution in [1.82, 2.24) is 9.97 Å². The van der Waals surface area contributed by atoms with Crippen LogP contribution in [0.1, 0.15) is 35.5 Å². The quantitative estimate of drug-likeness (QED) is 0.875. The maximum Gasteiger partial charge on any atom is 0.192 e. The summed E-state index contributed by atoms with van der Waals surface area (Å²) in [5.41, 5.74) is 2.87. The molecule has 20 heavy (non-hydrogen) atoms. The van der Waals surface area contributed by atoms with Gasteiger partial charge in [-0.05, 0) is 68.8 Å². The second-order valence-electron chi connectivity index (χ2n) is 4.85. The Morgan fingerprint density at radius 2 is 1.70 bits per heavy atom. The van der Waals surface area contributed by atoms with Gasteiger partial charge in [0.05, 0.1) is 6.10 Å². The highest BCUT2D eigenvalue weighted by molar-refractivity contribution is 7.99. The second kappa shape index (κ2) is 5.89. The minimum absolute atomic E-state index is 0.313. The van der Waals surface area contributed by atoms with Crippen LogP contribution in [0, 0.1) is 26.6 Å². The lowest BCUT2D eigenvalue weighted by atomic mass is 10.1. The number of nitrogens with zero attached hydrogens (tertiary/aromatic N) is 2. The molecule has 1 atom stereocenters. The fourth-order valence-electron chi connectivity index (χ4n) is 1.92. The van der Waals surface area contributed by atoms with Gasteiger partial charge in [-0.15, -0.1) is 0 Å². The molecule has 0 unspecified atom stereocenters. The van der Waals surface area contributed by atoms with E-state index in [9.17, 15) is 9.50 Å². The molecule has 0 saturated carbocycles. The van der Waals surface area contributed by atoms with Gasteiger partial charge in [0.2, 0.25) is 0 Å². The van der Waals surface area contributed by atoms with Gasteiger partial charge < -0.3 is 5.11 Å². The molecule has 3 nitrogen and oxygen atoms in total. The molecule has 0 spiro atoms. The first-order valence-electron chi connectivity index (χ1n) is 6.35. The third-order valence-corrected chi connectivity index (χ3v) is 3.84. The van der Waals surface area contributed by atoms with Crippen LogP contribution in [0.3, 0.4) is 0 Å². The Balaban J connectivity index is 2.44. The third-order valence-electron chi connectivity index (χ3n) is 2.90. The lowest BCUT2D eigenvalue weighted by Crippen LogP contribution is -1.99. The molecule has 0 saturated heterocycles. The van der Waals surface area contributed by atoms with Crippen LogP contribution in [0.15, 0.2) is 28.3 Å². The number of aliphatic hydroxyl groups is 1. The largest absolute Gasteiger partial charge is 0.389 e. The average Bonchev–Trinajstić information content (AvgIpc) is 2.31. The van der Waals surface area contributed by atoms with Gasteiger partial charge in [0.15, 0.2) is 5.16 Å². The van der Waals surface area contributed by atoms with E-state index in [-0.39, 0.29) is 5.82 Å². The van der Waals surface area contributed by atoms with E-state index in [1.165, 1.54) is 17.8 Å². The van der Waals surface area contributed by atoms with E-state index in [1.54, 1.807) is 19.9 Å². The summed E-state index contributed by atoms with van der Waals surface area (Å²) < 4.78 is 13.6. The highest BCUT2D eigenvalue weighted by Crippen LogP contribution is 2.33. The maximum absolute atomic E-state index is 13.6. The van der Waals surface area contributed by atoms with Crippen LogP contribution in [0.25, 0.3) is 0 Å². The fourth-order valence-corrected chi connectivity index (χ4v) is 3.08. The molecule has 1 aromatic heterocycles. The number of aliphatic hydroxyl groups excluding tert-OH is 1. The summed E-state index contributed by atoms with van der Waals surface area (Å²) >= 11 is 1.34. The predicted molar refractivity (Wildman–Crippen MR) is 77.4 cm³/mol. The SMILES string of the molecule is Cc1cc(C)nc(Sc2cc(C)c(F)cc2[C@@H](C)O)n1. The summed E-state index contributed by atoms with van der Waals surface area (Å²) in [5, 5.41) is 10.4. The van der Waals surface area contributed by atoms with Gasteiger partial charge in [-0.2, -0.15) is 0 Å². The Bertz CT molecular complexity index is 624. The number of benzene rings is 1. The van der Waals surface area contributed by atoms with Gasteiger partial charge in [0, 0.05) is 16.3 Å². The highest BCUT2D eigenvalue weighted by Gasteiger charge is 2.14. The maximum atomic E-state index is 13.6. The van der Waals surface area contributed by atoms with E-state index in [0.717, 1.165) is 16.3 Å². The van der Waals surface area contributed by atoms with E-state index < -0.39 is 6.10 Å². The van der Waals surface area contributed by atoms with E-state index in [2.05, 4.69) is 9.97 Å². The molecule has 0 aliphatic rings. The molecular weight excluding hydrogens is 275 g/mol. The number of hydrogen-bond donors (Lipinski definition) is 1. The van der Waals surface area contributed by atoms with Crippen molar-refractivity contribution in [1.29, 1.82) is 0 Å². The summed E-state index contributed by atoms with van der Waals surface area (Å²) in [5.74, 6) is -0.313. The zero-order valence-corrected chi connectivity index (χ0v) is 12.8. The number of hydrogen-bond acceptors (Lipinski definition) is 4. The van der Waals surface area contributed by atoms with Crippen molar-refractivity contribution in [2.24, 2.45) is 0 Å². The summed E-state index contributed by atoms with van der Waals surface area (Å²) in [4.78, 5) is 9.50. The van der Waals surface area contributed by atoms with Gasteiger partial charge in [-0.3, -0.25) is 0 Å². The monoisotopic (exact) mass is 292 g/mol. The molecule has 2 aromatic rings. The molecule has 0 radical (unpaired) electrons. The lowest BCUT2D eigenvalue weighted by Gasteiger charge is -2.13. The first kappa shape index (κ1) is 14.9. The van der Waals surface area contributed by atoms with Crippen molar-refractivity contribution < 1.29 is 9.50 Å². The summed E-state index contributed by atoms with van der Waals surface area (Å²) in [7, 11) is 0. The molecule has 0 fully saturated rings. The Kier molecular flexibility index (Phi) is 4.40. The normalized spacial score (nSPS) is 12.5. The number of aromatic nitrogens is 2. The van der Waals surface area contributed by atoms with E-state index in [1.807, 2.05) is 19.9 Å². The van der Waals surface area contributed by atoms with Crippen LogP contribution in [-0.2, 0) is 0 Å². The van der Waals surface area contributed by atoms with Crippen LogP contribution >= 0.6 is 11.8 Å². The van der Waals surface area contributed by atoms with Crippen LogP contribution in [0.2, 0.25) is 0 Å². The van der Waals surface area contributed by atoms with E-state index in [0.29, 0.717) is 16.3 Å². The summed E-state index contributed by atoms with van der Waals surface area (Å²) in [6.07, 6.45) is -0.737. The standard InChI is InChI=1S/C15H17FN2OS/c1-8-5-14(12(11(4)19)7-13(8)16)20-15-17-9(2)6-10(3)18-15/h5-7,11,19H,1-4H3/t11-/m1/s1. The van der Waals surface area contributed by atoms with Crippen LogP contribution < -0.4 is 0 Å². The highest BCUT2D eigenvalue weighted by atomic mass is 32.2. The van der Waals surface area contributed by atoms with Crippen molar-refractivity contribution in [3.05, 3.63) is 46.5 Å². The Morgan fingerprint density at radius 1 is 1.10 bits per heavy atom. The van der Waals surface area contributed by atoms with Crippen molar-refractivity contribution in [3.8, 4) is 0 Å². The molecule has 1 aromatic carbocycles. The van der Waals surface area contributed by atoms with E-state index >= 15 is 0 Å². The molecule has 1 N–H and O–H groups in total. The Hall–Kier alpha value is -1.46. The fraction of sp³-hybridized carbons (Fsp3) is 0.333. The number of halogens is 1. The minimum atomic E-state index is -0.737. The molecule has 1 heterocycles. The average molecular weight is 292 g/mol. The third kappa shape index (κ3) is 3.35. The zero-order chi connectivity index (χ0) is 14.9. The van der Waals surface area contributed by atoms with Gasteiger partial charge in [0.1, 0.15) is 5.82 Å². The van der Waals surface area contributed by atoms with Crippen molar-refractivity contribution in [2.75, 3.05) is 0 Å². The first-order chi connectivity index (χ1) is 9.36. The molecule has 2 rings (SSSR count). The first-order valence-corrected chi connectivity index (χ1v) is 7.16. The summed E-state index contributed by atoms with van der Waals surface area (Å²) in [6, 6.07) is 5.00. The number of aryl methyl sites for hydroxylation is 3. The van der Waals surface area contributed by atoms with Gasteiger partial charge in [-0.1, -0.05) is 0 Å². The zero-order valence-electron chi connectivity index (χ0n) is 11.9. The lowest BCUT2D eigenvalue weighted by molar-refractivity contribution is 0.196. The molecule has 0 amide bonds. The second-order valence-corrected chi connectivity index (χ2v) is 5.86. The molecule has 106 valence electrons. The van der Waals surface area contributed by atoms with Gasteiger partial charge in [0.25, 0.3) is 0 Å². The topological polar surface area (TPSA) is 46.0 Å². The summed E-state index contributed by atoms with van der Waals surface area (Å²) in [6.45, 7) is 7.14. The molecule has 0 aliphatic carbocycles.